The number of hydrogen-bond donors (Lipinski definition) is 2. The zero-order valence-electron chi connectivity index (χ0n) is 9.07. The molecule has 0 saturated heterocycles. The summed E-state index contributed by atoms with van der Waals surface area (Å²) in [6, 6.07) is 5.69. The van der Waals surface area contributed by atoms with E-state index in [0.29, 0.717) is 5.69 Å². The largest absolute Gasteiger partial charge is 0.395 e. The lowest BCUT2D eigenvalue weighted by Gasteiger charge is -2.21. The van der Waals surface area contributed by atoms with Crippen LogP contribution >= 0.6 is 0 Å². The number of amides is 1. The summed E-state index contributed by atoms with van der Waals surface area (Å²) in [7, 11) is 0. The van der Waals surface area contributed by atoms with Gasteiger partial charge in [0, 0.05) is 24.4 Å². The number of carbonyl (C=O) groups excluding carboxylic acids is 1. The first kappa shape index (κ1) is 12.9. The normalized spacial score (nSPS) is 9.94. The maximum absolute atomic E-state index is 10.8. The Morgan fingerprint density at radius 2 is 2.00 bits per heavy atom. The quantitative estimate of drug-likeness (QED) is 0.531. The second kappa shape index (κ2) is 5.80. The topological polar surface area (TPSA) is 110 Å². The number of aliphatic hydroxyl groups excluding tert-OH is 1. The van der Waals surface area contributed by atoms with Crippen LogP contribution in [0.15, 0.2) is 24.3 Å². The summed E-state index contributed by atoms with van der Waals surface area (Å²) in [5.41, 5.74) is 5.64. The van der Waals surface area contributed by atoms with Crippen molar-refractivity contribution in [1.29, 1.82) is 0 Å². The Bertz CT molecular complexity index is 405. The number of anilines is 1. The highest BCUT2D eigenvalue weighted by molar-refractivity contribution is 5.79. The Morgan fingerprint density at radius 1 is 1.41 bits per heavy atom. The number of aliphatic hydroxyl groups is 1. The second-order valence-corrected chi connectivity index (χ2v) is 3.38. The molecule has 0 aliphatic rings. The summed E-state index contributed by atoms with van der Waals surface area (Å²) in [6.45, 7) is 0.0589. The minimum atomic E-state index is -0.531. The van der Waals surface area contributed by atoms with Crippen LogP contribution in [-0.2, 0) is 4.79 Å². The van der Waals surface area contributed by atoms with Crippen molar-refractivity contribution in [2.75, 3.05) is 24.6 Å². The summed E-state index contributed by atoms with van der Waals surface area (Å²) in [5.74, 6) is -0.531. The Labute approximate surface area is 97.6 Å². The molecular formula is C10H13N3O4. The minimum absolute atomic E-state index is 0.0308. The van der Waals surface area contributed by atoms with Crippen molar-refractivity contribution in [3.05, 3.63) is 34.4 Å². The second-order valence-electron chi connectivity index (χ2n) is 3.38. The number of benzene rings is 1. The lowest BCUT2D eigenvalue weighted by atomic mass is 10.2. The molecule has 0 spiro atoms. The van der Waals surface area contributed by atoms with E-state index < -0.39 is 10.8 Å². The Kier molecular flexibility index (Phi) is 4.41. The van der Waals surface area contributed by atoms with Crippen molar-refractivity contribution in [2.24, 2.45) is 5.73 Å². The van der Waals surface area contributed by atoms with E-state index in [9.17, 15) is 14.9 Å². The smallest absolute Gasteiger partial charge is 0.269 e. The van der Waals surface area contributed by atoms with Crippen molar-refractivity contribution in [3.63, 3.8) is 0 Å². The standard InChI is InChI=1S/C10H13N3O4/c11-10(15)7-12(5-6-14)8-1-3-9(4-2-8)13(16)17/h1-4,14H,5-7H2,(H2,11,15). The van der Waals surface area contributed by atoms with Crippen LogP contribution in [0.1, 0.15) is 0 Å². The number of primary amides is 1. The highest BCUT2D eigenvalue weighted by Gasteiger charge is 2.11. The molecule has 92 valence electrons. The molecule has 0 unspecified atom stereocenters. The number of nitrogens with two attached hydrogens (primary N) is 1. The van der Waals surface area contributed by atoms with Gasteiger partial charge in [-0.2, -0.15) is 0 Å². The Balaban J connectivity index is 2.86. The lowest BCUT2D eigenvalue weighted by Crippen LogP contribution is -2.35. The molecule has 17 heavy (non-hydrogen) atoms. The number of nitro groups is 1. The molecule has 1 aromatic rings. The average molecular weight is 239 g/mol. The van der Waals surface area contributed by atoms with Gasteiger partial charge in [-0.15, -0.1) is 0 Å². The molecule has 0 atom stereocenters. The van der Waals surface area contributed by atoms with Gasteiger partial charge in [0.2, 0.25) is 5.91 Å². The van der Waals surface area contributed by atoms with Crippen LogP contribution in [0, 0.1) is 10.1 Å². The number of rotatable bonds is 6. The highest BCUT2D eigenvalue weighted by atomic mass is 16.6. The van der Waals surface area contributed by atoms with E-state index in [-0.39, 0.29) is 25.4 Å². The zero-order chi connectivity index (χ0) is 12.8. The van der Waals surface area contributed by atoms with Crippen LogP contribution in [0.25, 0.3) is 0 Å². The van der Waals surface area contributed by atoms with E-state index in [2.05, 4.69) is 0 Å². The van der Waals surface area contributed by atoms with Gasteiger partial charge in [0.25, 0.3) is 5.69 Å². The molecule has 1 amide bonds. The number of non-ortho nitro benzene ring substituents is 1. The zero-order valence-corrected chi connectivity index (χ0v) is 9.07. The maximum Gasteiger partial charge on any atom is 0.269 e. The molecule has 0 saturated carbocycles. The number of nitro benzene ring substituents is 1. The van der Waals surface area contributed by atoms with E-state index in [0.717, 1.165) is 0 Å². The predicted molar refractivity (Wildman–Crippen MR) is 61.6 cm³/mol. The maximum atomic E-state index is 10.8. The fourth-order valence-electron chi connectivity index (χ4n) is 1.39. The average Bonchev–Trinajstić information content (AvgIpc) is 2.28. The van der Waals surface area contributed by atoms with Gasteiger partial charge in [-0.25, -0.2) is 0 Å². The van der Waals surface area contributed by atoms with Gasteiger partial charge in [0.05, 0.1) is 18.1 Å². The lowest BCUT2D eigenvalue weighted by molar-refractivity contribution is -0.384. The molecule has 1 rings (SSSR count). The Hall–Kier alpha value is -2.15. The summed E-state index contributed by atoms with van der Waals surface area (Å²) in [4.78, 5) is 22.3. The fourth-order valence-corrected chi connectivity index (χ4v) is 1.39. The van der Waals surface area contributed by atoms with Gasteiger partial charge >= 0.3 is 0 Å². The van der Waals surface area contributed by atoms with Crippen molar-refractivity contribution in [1.82, 2.24) is 0 Å². The highest BCUT2D eigenvalue weighted by Crippen LogP contribution is 2.18. The van der Waals surface area contributed by atoms with Gasteiger partial charge in [-0.05, 0) is 12.1 Å². The first-order chi connectivity index (χ1) is 8.04. The van der Waals surface area contributed by atoms with E-state index >= 15 is 0 Å². The molecule has 0 aliphatic heterocycles. The van der Waals surface area contributed by atoms with Gasteiger partial charge in [-0.1, -0.05) is 0 Å². The SMILES string of the molecule is NC(=O)CN(CCO)c1ccc([N+](=O)[O-])cc1. The molecule has 0 radical (unpaired) electrons. The van der Waals surface area contributed by atoms with Crippen LogP contribution in [0.5, 0.6) is 0 Å². The third-order valence-corrected chi connectivity index (χ3v) is 2.14. The van der Waals surface area contributed by atoms with Crippen molar-refractivity contribution >= 4 is 17.3 Å². The summed E-state index contributed by atoms with van der Waals surface area (Å²) >= 11 is 0. The van der Waals surface area contributed by atoms with Crippen molar-refractivity contribution < 1.29 is 14.8 Å². The van der Waals surface area contributed by atoms with Crippen LogP contribution in [0.2, 0.25) is 0 Å². The number of hydrogen-bond acceptors (Lipinski definition) is 5. The Morgan fingerprint density at radius 3 is 2.41 bits per heavy atom. The molecular weight excluding hydrogens is 226 g/mol. The first-order valence-corrected chi connectivity index (χ1v) is 4.93. The van der Waals surface area contributed by atoms with E-state index in [1.54, 1.807) is 4.90 Å². The predicted octanol–water partition coefficient (Wildman–Crippen LogP) is -0.121. The third kappa shape index (κ3) is 3.72. The number of carbonyl (C=O) groups is 1. The molecule has 0 aromatic heterocycles. The van der Waals surface area contributed by atoms with Crippen LogP contribution in [-0.4, -0.2) is 35.6 Å². The van der Waals surface area contributed by atoms with Crippen LogP contribution in [0.4, 0.5) is 11.4 Å². The molecule has 0 aliphatic carbocycles. The molecule has 3 N–H and O–H groups in total. The number of nitrogens with zero attached hydrogens (tertiary/aromatic N) is 2. The molecule has 7 heteroatoms. The summed E-state index contributed by atoms with van der Waals surface area (Å²) in [5, 5.41) is 19.3. The monoisotopic (exact) mass is 239 g/mol. The van der Waals surface area contributed by atoms with Gasteiger partial charge in [0.15, 0.2) is 0 Å². The van der Waals surface area contributed by atoms with Crippen LogP contribution < -0.4 is 10.6 Å². The molecule has 7 nitrogen and oxygen atoms in total. The molecule has 0 bridgehead atoms. The summed E-state index contributed by atoms with van der Waals surface area (Å²) < 4.78 is 0. The third-order valence-electron chi connectivity index (χ3n) is 2.14. The van der Waals surface area contributed by atoms with Crippen LogP contribution in [0.3, 0.4) is 0 Å². The van der Waals surface area contributed by atoms with Crippen molar-refractivity contribution in [2.45, 2.75) is 0 Å². The fraction of sp³-hybridized carbons (Fsp3) is 0.300. The van der Waals surface area contributed by atoms with E-state index in [4.69, 9.17) is 10.8 Å². The van der Waals surface area contributed by atoms with Crippen molar-refractivity contribution in [3.8, 4) is 0 Å². The van der Waals surface area contributed by atoms with Gasteiger partial charge in [0.1, 0.15) is 0 Å². The first-order valence-electron chi connectivity index (χ1n) is 4.93. The van der Waals surface area contributed by atoms with Gasteiger partial charge < -0.3 is 15.7 Å². The van der Waals surface area contributed by atoms with E-state index in [1.165, 1.54) is 24.3 Å². The summed E-state index contributed by atoms with van der Waals surface area (Å²) in [6.07, 6.45) is 0. The van der Waals surface area contributed by atoms with Gasteiger partial charge in [-0.3, -0.25) is 14.9 Å². The minimum Gasteiger partial charge on any atom is -0.395 e. The molecule has 0 heterocycles. The molecule has 1 aromatic carbocycles. The molecule has 0 fully saturated rings. The van der Waals surface area contributed by atoms with E-state index in [1.807, 2.05) is 0 Å².